The number of halogens is 1. The molecule has 0 spiro atoms. The summed E-state index contributed by atoms with van der Waals surface area (Å²) in [6, 6.07) is 6.56. The molecule has 1 aromatic carbocycles. The summed E-state index contributed by atoms with van der Waals surface area (Å²) in [5.74, 6) is -0.141. The Hall–Kier alpha value is -3.30. The Morgan fingerprint density at radius 2 is 2.06 bits per heavy atom. The number of nitrogens with zero attached hydrogens (tertiary/aromatic N) is 1. The highest BCUT2D eigenvalue weighted by atomic mass is 35.5. The molecule has 10 heteroatoms. The number of anilines is 1. The molecule has 2 aromatic heterocycles. The average molecular weight is 486 g/mol. The first-order valence-electron chi connectivity index (χ1n) is 9.98. The molecule has 0 saturated heterocycles. The standard InChI is InChI=1S/C23H24ClN5O3S/c1-11-7-15(13(3)27-17-5-6-18(24)28-19(17)23(31)29-33-4)22-16(8-11)20(30)12(2)21(32-22)14(9-25)10-26/h5-10,13,25,27H,26H2,1-4H3,(H,29,31)/b14-10+,25-9?. The molecule has 0 radical (unpaired) electrons. The van der Waals surface area contributed by atoms with Gasteiger partial charge in [0.15, 0.2) is 11.1 Å². The lowest BCUT2D eigenvalue weighted by atomic mass is 9.99. The zero-order chi connectivity index (χ0) is 24.3. The molecule has 0 aliphatic carbocycles. The van der Waals surface area contributed by atoms with Crippen LogP contribution in [0, 0.1) is 19.3 Å². The summed E-state index contributed by atoms with van der Waals surface area (Å²) in [7, 11) is 0. The van der Waals surface area contributed by atoms with E-state index in [1.165, 1.54) is 6.20 Å². The van der Waals surface area contributed by atoms with Crippen molar-refractivity contribution in [1.82, 2.24) is 9.71 Å². The minimum absolute atomic E-state index is 0.149. The van der Waals surface area contributed by atoms with E-state index in [1.807, 2.05) is 19.9 Å². The fourth-order valence-corrected chi connectivity index (χ4v) is 3.96. The zero-order valence-corrected chi connectivity index (χ0v) is 20.1. The Labute approximate surface area is 200 Å². The molecule has 3 rings (SSSR count). The predicted molar refractivity (Wildman–Crippen MR) is 135 cm³/mol. The van der Waals surface area contributed by atoms with Crippen LogP contribution in [0.25, 0.3) is 16.5 Å². The van der Waals surface area contributed by atoms with Crippen LogP contribution in [0.3, 0.4) is 0 Å². The van der Waals surface area contributed by atoms with Gasteiger partial charge in [-0.25, -0.2) is 4.98 Å². The Bertz CT molecular complexity index is 1340. The van der Waals surface area contributed by atoms with Gasteiger partial charge in [-0.1, -0.05) is 29.6 Å². The van der Waals surface area contributed by atoms with Gasteiger partial charge in [0.25, 0.3) is 5.91 Å². The van der Waals surface area contributed by atoms with Gasteiger partial charge in [0.1, 0.15) is 16.5 Å². The monoisotopic (exact) mass is 485 g/mol. The fraction of sp³-hybridized carbons (Fsp3) is 0.217. The molecule has 8 nitrogen and oxygen atoms in total. The van der Waals surface area contributed by atoms with Crippen molar-refractivity contribution in [3.8, 4) is 0 Å². The van der Waals surface area contributed by atoms with E-state index in [0.717, 1.165) is 23.7 Å². The van der Waals surface area contributed by atoms with Crippen LogP contribution in [-0.2, 0) is 0 Å². The van der Waals surface area contributed by atoms with Gasteiger partial charge in [-0.3, -0.25) is 14.3 Å². The van der Waals surface area contributed by atoms with Crippen molar-refractivity contribution in [3.05, 3.63) is 74.0 Å². The number of aryl methyl sites for hydroxylation is 1. The highest BCUT2D eigenvalue weighted by molar-refractivity contribution is 7.97. The number of carbonyl (C=O) groups is 1. The summed E-state index contributed by atoms with van der Waals surface area (Å²) in [6.07, 6.45) is 4.01. The minimum atomic E-state index is -0.387. The van der Waals surface area contributed by atoms with Gasteiger partial charge in [-0.2, -0.15) is 0 Å². The Balaban J connectivity index is 2.17. The first-order chi connectivity index (χ1) is 15.7. The summed E-state index contributed by atoms with van der Waals surface area (Å²) in [6.45, 7) is 5.42. The number of rotatable bonds is 7. The van der Waals surface area contributed by atoms with E-state index in [1.54, 1.807) is 31.4 Å². The lowest BCUT2D eigenvalue weighted by molar-refractivity contribution is 0.0980. The molecule has 2 heterocycles. The van der Waals surface area contributed by atoms with E-state index in [9.17, 15) is 9.59 Å². The van der Waals surface area contributed by atoms with Crippen molar-refractivity contribution < 1.29 is 9.21 Å². The lowest BCUT2D eigenvalue weighted by Gasteiger charge is -2.20. The SMILES string of the molecule is CSNC(=O)c1nc(Cl)ccc1NC(C)c1cc(C)cc2c(=O)c(C)c(/C(C=N)=C/N)oc12. The molecule has 33 heavy (non-hydrogen) atoms. The number of amides is 1. The van der Waals surface area contributed by atoms with Gasteiger partial charge < -0.3 is 20.9 Å². The van der Waals surface area contributed by atoms with Crippen molar-refractivity contribution in [3.63, 3.8) is 0 Å². The second-order valence-electron chi connectivity index (χ2n) is 7.41. The summed E-state index contributed by atoms with van der Waals surface area (Å²) in [5, 5.41) is 11.5. The molecule has 0 bridgehead atoms. The first-order valence-corrected chi connectivity index (χ1v) is 11.6. The Morgan fingerprint density at radius 1 is 1.33 bits per heavy atom. The Kier molecular flexibility index (Phi) is 7.45. The quantitative estimate of drug-likeness (QED) is 0.218. The summed E-state index contributed by atoms with van der Waals surface area (Å²) in [4.78, 5) is 29.8. The highest BCUT2D eigenvalue weighted by Crippen LogP contribution is 2.31. The minimum Gasteiger partial charge on any atom is -0.455 e. The van der Waals surface area contributed by atoms with Crippen LogP contribution in [0.2, 0.25) is 5.15 Å². The van der Waals surface area contributed by atoms with Crippen molar-refractivity contribution in [1.29, 1.82) is 5.41 Å². The first kappa shape index (κ1) is 24.3. The Morgan fingerprint density at radius 3 is 2.70 bits per heavy atom. The van der Waals surface area contributed by atoms with Crippen LogP contribution in [-0.4, -0.2) is 23.4 Å². The average Bonchev–Trinajstić information content (AvgIpc) is 2.79. The summed E-state index contributed by atoms with van der Waals surface area (Å²) < 4.78 is 8.78. The topological polar surface area (TPSA) is 134 Å². The van der Waals surface area contributed by atoms with Crippen LogP contribution in [0.1, 0.15) is 45.9 Å². The van der Waals surface area contributed by atoms with Crippen LogP contribution >= 0.6 is 23.5 Å². The number of carbonyl (C=O) groups excluding carboxylic acids is 1. The molecule has 0 aliphatic heterocycles. The largest absolute Gasteiger partial charge is 0.455 e. The third-order valence-corrected chi connectivity index (χ3v) is 5.70. The van der Waals surface area contributed by atoms with Crippen LogP contribution in [0.15, 0.2) is 39.7 Å². The predicted octanol–water partition coefficient (Wildman–Crippen LogP) is 4.59. The van der Waals surface area contributed by atoms with E-state index < -0.39 is 0 Å². The van der Waals surface area contributed by atoms with Crippen molar-refractivity contribution in [2.45, 2.75) is 26.8 Å². The summed E-state index contributed by atoms with van der Waals surface area (Å²) >= 11 is 7.17. The third-order valence-electron chi connectivity index (χ3n) is 5.10. The third kappa shape index (κ3) is 4.89. The molecule has 1 unspecified atom stereocenters. The van der Waals surface area contributed by atoms with E-state index >= 15 is 0 Å². The number of nitrogens with two attached hydrogens (primary N) is 1. The van der Waals surface area contributed by atoms with Crippen LogP contribution in [0.4, 0.5) is 5.69 Å². The molecular formula is C23H24ClN5O3S. The number of nitrogens with one attached hydrogen (secondary N) is 3. The van der Waals surface area contributed by atoms with Crippen molar-refractivity contribution >= 4 is 57.9 Å². The van der Waals surface area contributed by atoms with Gasteiger partial charge in [0.05, 0.1) is 22.7 Å². The molecule has 0 fully saturated rings. The number of hydrogen-bond donors (Lipinski definition) is 4. The molecule has 0 saturated carbocycles. The van der Waals surface area contributed by atoms with E-state index in [0.29, 0.717) is 33.4 Å². The molecule has 1 amide bonds. The van der Waals surface area contributed by atoms with Gasteiger partial charge >= 0.3 is 0 Å². The molecule has 3 aromatic rings. The number of hydrogen-bond acceptors (Lipinski definition) is 8. The van der Waals surface area contributed by atoms with Crippen molar-refractivity contribution in [2.75, 3.05) is 11.6 Å². The normalized spacial score (nSPS) is 12.5. The maximum atomic E-state index is 13.1. The number of benzene rings is 1. The second kappa shape index (κ2) is 10.1. The number of pyridine rings is 1. The van der Waals surface area contributed by atoms with Crippen LogP contribution < -0.4 is 21.2 Å². The number of fused-ring (bicyclic) bond motifs is 1. The van der Waals surface area contributed by atoms with E-state index in [2.05, 4.69) is 15.0 Å². The summed E-state index contributed by atoms with van der Waals surface area (Å²) in [5.41, 5.74) is 8.70. The van der Waals surface area contributed by atoms with Gasteiger partial charge in [0.2, 0.25) is 0 Å². The van der Waals surface area contributed by atoms with Gasteiger partial charge in [-0.15, -0.1) is 0 Å². The second-order valence-corrected chi connectivity index (χ2v) is 8.41. The molecule has 172 valence electrons. The van der Waals surface area contributed by atoms with E-state index in [4.69, 9.17) is 27.2 Å². The van der Waals surface area contributed by atoms with Gasteiger partial charge in [-0.05, 0) is 44.5 Å². The van der Waals surface area contributed by atoms with E-state index in [-0.39, 0.29) is 34.0 Å². The maximum absolute atomic E-state index is 13.1. The zero-order valence-electron chi connectivity index (χ0n) is 18.6. The number of aromatic nitrogens is 1. The lowest BCUT2D eigenvalue weighted by Crippen LogP contribution is -2.20. The number of allylic oxidation sites excluding steroid dienone is 1. The fourth-order valence-electron chi connectivity index (χ4n) is 3.53. The molecule has 1 atom stereocenters. The van der Waals surface area contributed by atoms with Crippen LogP contribution in [0.5, 0.6) is 0 Å². The van der Waals surface area contributed by atoms with Gasteiger partial charge in [0, 0.05) is 29.8 Å². The molecule has 5 N–H and O–H groups in total. The highest BCUT2D eigenvalue weighted by Gasteiger charge is 2.21. The molecular weight excluding hydrogens is 462 g/mol. The molecule has 0 aliphatic rings. The maximum Gasteiger partial charge on any atom is 0.281 e. The smallest absolute Gasteiger partial charge is 0.281 e. The van der Waals surface area contributed by atoms with Crippen molar-refractivity contribution in [2.24, 2.45) is 5.73 Å².